The quantitative estimate of drug-likeness (QED) is 0.179. The van der Waals surface area contributed by atoms with Crippen LogP contribution in [0.1, 0.15) is 58.3 Å². The zero-order valence-corrected chi connectivity index (χ0v) is 19.7. The highest BCUT2D eigenvalue weighted by Gasteiger charge is 2.59. The van der Waals surface area contributed by atoms with Crippen molar-refractivity contribution in [3.63, 3.8) is 0 Å². The van der Waals surface area contributed by atoms with E-state index in [-0.39, 0.29) is 35.5 Å². The van der Waals surface area contributed by atoms with Gasteiger partial charge in [0.05, 0.1) is 27.7 Å². The number of hydrogen-bond donors (Lipinski definition) is 0. The Morgan fingerprint density at radius 1 is 1.00 bits per heavy atom. The Hall–Kier alpha value is -1.66. The summed E-state index contributed by atoms with van der Waals surface area (Å²) in [5, 5.41) is 0. The van der Waals surface area contributed by atoms with Gasteiger partial charge in [-0.3, -0.25) is 9.59 Å². The van der Waals surface area contributed by atoms with Gasteiger partial charge in [0.25, 0.3) is 0 Å². The average molecular weight is 455 g/mol. The molecule has 4 atom stereocenters. The van der Waals surface area contributed by atoms with Crippen LogP contribution in [0, 0.1) is 23.7 Å². The molecule has 2 fully saturated rings. The van der Waals surface area contributed by atoms with Gasteiger partial charge in [-0.1, -0.05) is 69.4 Å². The molecule has 6 heteroatoms. The van der Waals surface area contributed by atoms with E-state index in [9.17, 15) is 9.59 Å². The molecule has 4 nitrogen and oxygen atoms in total. The number of benzene rings is 1. The zero-order chi connectivity index (χ0) is 21.4. The second kappa shape index (κ2) is 9.07. The standard InChI is InChI=1S/C25H30N2O2S2/c1-2-3-4-5-6-7-8-13-30-25-26-19-12-11-18(15-20(19)31-25)27-23(28)21-16-9-10-17(14-16)22(21)24(27)29/h9-12,15-17,21-22H,2-8,13-14H2,1H3/t16-,17-,21+,22+/m0/s1. The van der Waals surface area contributed by atoms with Crippen molar-refractivity contribution in [2.75, 3.05) is 10.7 Å². The third-order valence-electron chi connectivity index (χ3n) is 7.05. The summed E-state index contributed by atoms with van der Waals surface area (Å²) in [6, 6.07) is 5.83. The third-order valence-corrected chi connectivity index (χ3v) is 9.30. The molecule has 3 aliphatic rings. The Balaban J connectivity index is 1.21. The zero-order valence-electron chi connectivity index (χ0n) is 18.1. The van der Waals surface area contributed by atoms with Gasteiger partial charge in [-0.25, -0.2) is 9.88 Å². The lowest BCUT2D eigenvalue weighted by Crippen LogP contribution is -2.32. The van der Waals surface area contributed by atoms with Crippen LogP contribution in [0.5, 0.6) is 0 Å². The van der Waals surface area contributed by atoms with E-state index < -0.39 is 0 Å². The van der Waals surface area contributed by atoms with Crippen molar-refractivity contribution < 1.29 is 9.59 Å². The molecule has 1 saturated heterocycles. The second-order valence-corrected chi connectivity index (χ2v) is 11.5. The topological polar surface area (TPSA) is 50.3 Å². The molecule has 2 heterocycles. The van der Waals surface area contributed by atoms with E-state index in [0.29, 0.717) is 5.69 Å². The molecule has 164 valence electrons. The van der Waals surface area contributed by atoms with Gasteiger partial charge >= 0.3 is 0 Å². The SMILES string of the molecule is CCCCCCCCCSc1nc2ccc(N3C(=O)[C@H]4[C@H](C3=O)[C@H]3C=C[C@H]4C3)cc2s1. The van der Waals surface area contributed by atoms with Crippen molar-refractivity contribution in [1.82, 2.24) is 4.98 Å². The highest BCUT2D eigenvalue weighted by atomic mass is 32.2. The number of carbonyl (C=O) groups is 2. The molecule has 5 rings (SSSR count). The minimum Gasteiger partial charge on any atom is -0.274 e. The predicted molar refractivity (Wildman–Crippen MR) is 129 cm³/mol. The van der Waals surface area contributed by atoms with Crippen molar-refractivity contribution in [2.45, 2.75) is 62.6 Å². The summed E-state index contributed by atoms with van der Waals surface area (Å²) >= 11 is 3.50. The lowest BCUT2D eigenvalue weighted by Gasteiger charge is -2.17. The minimum atomic E-state index is -0.146. The summed E-state index contributed by atoms with van der Waals surface area (Å²) in [5.41, 5.74) is 1.67. The Labute approximate surface area is 192 Å². The van der Waals surface area contributed by atoms with Crippen LogP contribution in [0.3, 0.4) is 0 Å². The summed E-state index contributed by atoms with van der Waals surface area (Å²) < 4.78 is 2.13. The molecule has 0 spiro atoms. The molecule has 0 unspecified atom stereocenters. The van der Waals surface area contributed by atoms with Crippen LogP contribution >= 0.6 is 23.1 Å². The molecular formula is C25H30N2O2S2. The maximum atomic E-state index is 13.1. The fraction of sp³-hybridized carbons (Fsp3) is 0.560. The van der Waals surface area contributed by atoms with Crippen molar-refractivity contribution in [3.05, 3.63) is 30.4 Å². The van der Waals surface area contributed by atoms with Gasteiger partial charge in [0.2, 0.25) is 11.8 Å². The van der Waals surface area contributed by atoms with Gasteiger partial charge in [0.1, 0.15) is 0 Å². The van der Waals surface area contributed by atoms with E-state index in [2.05, 4.69) is 19.1 Å². The first-order valence-corrected chi connectivity index (χ1v) is 13.6. The smallest absolute Gasteiger partial charge is 0.238 e. The van der Waals surface area contributed by atoms with Crippen LogP contribution in [0.25, 0.3) is 10.2 Å². The Morgan fingerprint density at radius 3 is 2.39 bits per heavy atom. The van der Waals surface area contributed by atoms with Gasteiger partial charge in [-0.05, 0) is 42.9 Å². The summed E-state index contributed by atoms with van der Waals surface area (Å²) in [7, 11) is 0. The normalized spacial score (nSPS) is 26.5. The third kappa shape index (κ3) is 3.97. The number of hydrogen-bond acceptors (Lipinski definition) is 5. The van der Waals surface area contributed by atoms with Crippen LogP contribution in [0.2, 0.25) is 0 Å². The molecule has 0 N–H and O–H groups in total. The number of unbranched alkanes of at least 4 members (excludes halogenated alkanes) is 6. The van der Waals surface area contributed by atoms with Crippen LogP contribution in [0.4, 0.5) is 5.69 Å². The largest absolute Gasteiger partial charge is 0.274 e. The molecule has 31 heavy (non-hydrogen) atoms. The van der Waals surface area contributed by atoms with Crippen molar-refractivity contribution in [1.29, 1.82) is 0 Å². The van der Waals surface area contributed by atoms with Crippen molar-refractivity contribution >= 4 is 50.8 Å². The molecule has 1 saturated carbocycles. The minimum absolute atomic E-state index is 0.00995. The fourth-order valence-corrected chi connectivity index (χ4v) is 7.64. The summed E-state index contributed by atoms with van der Waals surface area (Å²) in [5.74, 6) is 1.29. The van der Waals surface area contributed by atoms with Gasteiger partial charge in [0.15, 0.2) is 4.34 Å². The molecule has 2 aromatic rings. The number of nitrogens with zero attached hydrogens (tertiary/aromatic N) is 2. The maximum Gasteiger partial charge on any atom is 0.238 e. The number of amides is 2. The van der Waals surface area contributed by atoms with Crippen LogP contribution in [-0.4, -0.2) is 22.6 Å². The highest BCUT2D eigenvalue weighted by molar-refractivity contribution is 8.01. The molecular weight excluding hydrogens is 424 g/mol. The van der Waals surface area contributed by atoms with Crippen LogP contribution in [-0.2, 0) is 9.59 Å². The lowest BCUT2D eigenvalue weighted by molar-refractivity contribution is -0.123. The summed E-state index contributed by atoms with van der Waals surface area (Å²) in [6.07, 6.45) is 14.5. The van der Waals surface area contributed by atoms with Gasteiger partial charge in [-0.2, -0.15) is 0 Å². The molecule has 2 amide bonds. The number of thioether (sulfide) groups is 1. The Kier molecular flexibility index (Phi) is 6.20. The number of rotatable bonds is 10. The maximum absolute atomic E-state index is 13.1. The summed E-state index contributed by atoms with van der Waals surface area (Å²) in [6.45, 7) is 2.25. The number of aromatic nitrogens is 1. The average Bonchev–Trinajstić information content (AvgIpc) is 3.52. The van der Waals surface area contributed by atoms with E-state index >= 15 is 0 Å². The number of fused-ring (bicyclic) bond motifs is 6. The lowest BCUT2D eigenvalue weighted by atomic mass is 9.85. The number of carbonyl (C=O) groups excluding carboxylic acids is 2. The molecule has 2 bridgehead atoms. The summed E-state index contributed by atoms with van der Waals surface area (Å²) in [4.78, 5) is 32.3. The Bertz CT molecular complexity index is 984. The van der Waals surface area contributed by atoms with E-state index in [1.165, 1.54) is 49.8 Å². The predicted octanol–water partition coefficient (Wildman–Crippen LogP) is 6.45. The van der Waals surface area contributed by atoms with E-state index in [1.54, 1.807) is 11.3 Å². The van der Waals surface area contributed by atoms with Crippen molar-refractivity contribution in [3.8, 4) is 0 Å². The first-order chi connectivity index (χ1) is 15.2. The molecule has 0 radical (unpaired) electrons. The number of anilines is 1. The second-order valence-electron chi connectivity index (χ2n) is 9.11. The van der Waals surface area contributed by atoms with Crippen molar-refractivity contribution in [2.24, 2.45) is 23.7 Å². The van der Waals surface area contributed by atoms with E-state index in [4.69, 9.17) is 4.98 Å². The van der Waals surface area contributed by atoms with Gasteiger partial charge < -0.3 is 0 Å². The van der Waals surface area contributed by atoms with Crippen LogP contribution < -0.4 is 4.90 Å². The molecule has 1 aliphatic heterocycles. The molecule has 1 aromatic heterocycles. The van der Waals surface area contributed by atoms with Gasteiger partial charge in [0, 0.05) is 5.75 Å². The van der Waals surface area contributed by atoms with E-state index in [1.807, 2.05) is 30.0 Å². The fourth-order valence-electron chi connectivity index (χ4n) is 5.47. The number of allylic oxidation sites excluding steroid dienone is 2. The van der Waals surface area contributed by atoms with Gasteiger partial charge in [-0.15, -0.1) is 11.3 Å². The molecule has 2 aliphatic carbocycles. The monoisotopic (exact) mass is 454 g/mol. The van der Waals surface area contributed by atoms with E-state index in [0.717, 1.165) is 26.7 Å². The first-order valence-electron chi connectivity index (χ1n) is 11.8. The Morgan fingerprint density at radius 2 is 1.68 bits per heavy atom. The number of imide groups is 1. The van der Waals surface area contributed by atoms with Crippen LogP contribution in [0.15, 0.2) is 34.7 Å². The first kappa shape index (κ1) is 21.2. The molecule has 1 aromatic carbocycles. The highest BCUT2D eigenvalue weighted by Crippen LogP contribution is 2.53. The number of thiazole rings is 1.